The van der Waals surface area contributed by atoms with Crippen LogP contribution in [0.1, 0.15) is 0 Å². The lowest BCUT2D eigenvalue weighted by molar-refractivity contribution is -0.377. The minimum absolute atomic E-state index is 0.656. The minimum Gasteiger partial charge on any atom is -0.367 e. The number of hydrogen-bond donors (Lipinski definition) is 8. The Bertz CT molecular complexity index is 294. The summed E-state index contributed by atoms with van der Waals surface area (Å²) in [5.41, 5.74) is 0. The molecule has 1 rings (SSSR count). The van der Waals surface area contributed by atoms with Gasteiger partial charge in [0.15, 0.2) is 12.1 Å². The van der Waals surface area contributed by atoms with Crippen LogP contribution in [-0.4, -0.2) is 64.5 Å². The van der Waals surface area contributed by atoms with Crippen molar-refractivity contribution in [3.63, 3.8) is 0 Å². The first-order chi connectivity index (χ1) is 7.01. The largest absolute Gasteiger partial charge is 0.367 e. The van der Waals surface area contributed by atoms with E-state index < -0.39 is 35.5 Å². The second-order valence-electron chi connectivity index (χ2n) is 3.84. The summed E-state index contributed by atoms with van der Waals surface area (Å²) in [7, 11) is 0. The molecule has 0 radical (unpaired) electrons. The Morgan fingerprint density at radius 1 is 0.938 bits per heavy atom. The predicted octanol–water partition coefficient (Wildman–Crippen LogP) is -4.23. The van der Waals surface area contributed by atoms with Crippen LogP contribution in [0.2, 0.25) is 0 Å². The molecule has 0 spiro atoms. The van der Waals surface area contributed by atoms with Gasteiger partial charge < -0.3 is 40.9 Å². The maximum Gasteiger partial charge on any atom is 0.232 e. The van der Waals surface area contributed by atoms with Gasteiger partial charge in [-0.1, -0.05) is 6.08 Å². The van der Waals surface area contributed by atoms with Crippen LogP contribution in [0.25, 0.3) is 0 Å². The third-order valence-corrected chi connectivity index (χ3v) is 2.86. The molecule has 0 aromatic rings. The zero-order chi connectivity index (χ0) is 12.9. The van der Waals surface area contributed by atoms with Crippen molar-refractivity contribution in [2.75, 3.05) is 0 Å². The Kier molecular flexibility index (Phi) is 2.91. The normalized spacial score (nSPS) is 35.3. The van der Waals surface area contributed by atoms with Crippen LogP contribution in [-0.2, 0) is 0 Å². The van der Waals surface area contributed by atoms with Crippen LogP contribution < -0.4 is 0 Å². The van der Waals surface area contributed by atoms with Crippen molar-refractivity contribution in [2.45, 2.75) is 23.7 Å². The average Bonchev–Trinajstić information content (AvgIpc) is 2.09. The van der Waals surface area contributed by atoms with Gasteiger partial charge in [-0.05, 0) is 0 Å². The SMILES string of the molecule is C=CC1C(O)(O)C(C(O)O)C(O)(O)C1(O)O. The highest BCUT2D eigenvalue weighted by atomic mass is 16.6. The van der Waals surface area contributed by atoms with Crippen LogP contribution in [0.15, 0.2) is 12.7 Å². The Morgan fingerprint density at radius 3 is 1.56 bits per heavy atom. The summed E-state index contributed by atoms with van der Waals surface area (Å²) in [6.07, 6.45) is -1.93. The fourth-order valence-corrected chi connectivity index (χ4v) is 2.01. The first-order valence-corrected chi connectivity index (χ1v) is 4.34. The van der Waals surface area contributed by atoms with Gasteiger partial charge in [-0.2, -0.15) is 0 Å². The molecule has 0 aromatic heterocycles. The van der Waals surface area contributed by atoms with E-state index >= 15 is 0 Å². The van der Waals surface area contributed by atoms with Gasteiger partial charge >= 0.3 is 0 Å². The molecule has 94 valence electrons. The van der Waals surface area contributed by atoms with E-state index in [2.05, 4.69) is 6.58 Å². The fourth-order valence-electron chi connectivity index (χ4n) is 2.01. The van der Waals surface area contributed by atoms with E-state index in [1.807, 2.05) is 0 Å². The molecular formula is C8H14O8. The smallest absolute Gasteiger partial charge is 0.232 e. The number of hydrogen-bond acceptors (Lipinski definition) is 8. The Balaban J connectivity index is 3.37. The summed E-state index contributed by atoms with van der Waals surface area (Å²) in [6.45, 7) is 3.07. The standard InChI is InChI=1S/C8H14O8/c1-2-3-6(11,12)4(5(9)10)8(15,16)7(3,13)14/h2-5,9-16H,1H2. The van der Waals surface area contributed by atoms with Gasteiger partial charge in [0.25, 0.3) is 0 Å². The third-order valence-electron chi connectivity index (χ3n) is 2.86. The van der Waals surface area contributed by atoms with Crippen LogP contribution in [0, 0.1) is 11.8 Å². The molecule has 1 aliphatic carbocycles. The van der Waals surface area contributed by atoms with E-state index in [4.69, 9.17) is 10.2 Å². The van der Waals surface area contributed by atoms with Gasteiger partial charge in [0.1, 0.15) is 5.92 Å². The van der Waals surface area contributed by atoms with Crippen LogP contribution >= 0.6 is 0 Å². The Labute approximate surface area is 90.0 Å². The molecule has 1 saturated carbocycles. The predicted molar refractivity (Wildman–Crippen MR) is 46.9 cm³/mol. The van der Waals surface area contributed by atoms with E-state index in [0.29, 0.717) is 6.08 Å². The van der Waals surface area contributed by atoms with Crippen LogP contribution in [0.4, 0.5) is 0 Å². The molecule has 8 N–H and O–H groups in total. The van der Waals surface area contributed by atoms with Crippen LogP contribution in [0.3, 0.4) is 0 Å². The van der Waals surface area contributed by atoms with E-state index in [0.717, 1.165) is 0 Å². The Morgan fingerprint density at radius 2 is 1.38 bits per heavy atom. The van der Waals surface area contributed by atoms with Crippen molar-refractivity contribution in [1.82, 2.24) is 0 Å². The van der Waals surface area contributed by atoms with E-state index in [1.54, 1.807) is 0 Å². The molecule has 0 saturated heterocycles. The lowest BCUT2D eigenvalue weighted by Gasteiger charge is -2.33. The Hall–Kier alpha value is -0.580. The van der Waals surface area contributed by atoms with Crippen molar-refractivity contribution in [3.8, 4) is 0 Å². The highest BCUT2D eigenvalue weighted by Crippen LogP contribution is 2.51. The molecule has 2 unspecified atom stereocenters. The lowest BCUT2D eigenvalue weighted by atomic mass is 9.94. The zero-order valence-corrected chi connectivity index (χ0v) is 8.09. The average molecular weight is 238 g/mol. The topological polar surface area (TPSA) is 162 Å². The summed E-state index contributed by atoms with van der Waals surface area (Å²) in [5.74, 6) is -14.5. The fraction of sp³-hybridized carbons (Fsp3) is 0.750. The van der Waals surface area contributed by atoms with Crippen molar-refractivity contribution in [3.05, 3.63) is 12.7 Å². The van der Waals surface area contributed by atoms with Gasteiger partial charge in [0.05, 0.1) is 5.92 Å². The number of aliphatic hydroxyl groups is 8. The molecule has 0 bridgehead atoms. The summed E-state index contributed by atoms with van der Waals surface area (Å²) in [6, 6.07) is 0. The van der Waals surface area contributed by atoms with Crippen molar-refractivity contribution in [1.29, 1.82) is 0 Å². The van der Waals surface area contributed by atoms with Gasteiger partial charge in [-0.25, -0.2) is 0 Å². The molecule has 8 heteroatoms. The van der Waals surface area contributed by atoms with Gasteiger partial charge in [-0.15, -0.1) is 6.58 Å². The van der Waals surface area contributed by atoms with Crippen LogP contribution in [0.5, 0.6) is 0 Å². The molecule has 2 atom stereocenters. The first-order valence-electron chi connectivity index (χ1n) is 4.34. The highest BCUT2D eigenvalue weighted by molar-refractivity contribution is 5.15. The molecule has 0 aliphatic heterocycles. The molecule has 0 amide bonds. The van der Waals surface area contributed by atoms with Crippen molar-refractivity contribution in [2.24, 2.45) is 11.8 Å². The summed E-state index contributed by atoms with van der Waals surface area (Å²) in [5, 5.41) is 74.1. The maximum absolute atomic E-state index is 9.48. The van der Waals surface area contributed by atoms with Gasteiger partial charge in [-0.3, -0.25) is 0 Å². The van der Waals surface area contributed by atoms with E-state index in [9.17, 15) is 30.6 Å². The number of aliphatic hydroxyl groups excluding tert-OH is 1. The summed E-state index contributed by atoms with van der Waals surface area (Å²) >= 11 is 0. The maximum atomic E-state index is 9.48. The number of rotatable bonds is 2. The quantitative estimate of drug-likeness (QED) is 0.177. The van der Waals surface area contributed by atoms with Crippen molar-refractivity contribution < 1.29 is 40.9 Å². The van der Waals surface area contributed by atoms with Gasteiger partial charge in [0.2, 0.25) is 11.6 Å². The minimum atomic E-state index is -3.52. The molecule has 0 aromatic carbocycles. The molecule has 1 fully saturated rings. The molecule has 0 heterocycles. The second kappa shape index (κ2) is 3.45. The summed E-state index contributed by atoms with van der Waals surface area (Å²) < 4.78 is 0. The van der Waals surface area contributed by atoms with Gasteiger partial charge in [0, 0.05) is 0 Å². The van der Waals surface area contributed by atoms with E-state index in [1.165, 1.54) is 0 Å². The summed E-state index contributed by atoms with van der Waals surface area (Å²) in [4.78, 5) is 0. The lowest BCUT2D eigenvalue weighted by Crippen LogP contribution is -2.58. The monoisotopic (exact) mass is 238 g/mol. The van der Waals surface area contributed by atoms with E-state index in [-0.39, 0.29) is 0 Å². The first kappa shape index (κ1) is 13.5. The van der Waals surface area contributed by atoms with Crippen molar-refractivity contribution >= 4 is 0 Å². The molecule has 1 aliphatic rings. The molecule has 16 heavy (non-hydrogen) atoms. The third kappa shape index (κ3) is 1.40. The molecule has 8 nitrogen and oxygen atoms in total. The zero-order valence-electron chi connectivity index (χ0n) is 8.09. The molecular weight excluding hydrogens is 224 g/mol. The second-order valence-corrected chi connectivity index (χ2v) is 3.84. The highest BCUT2D eigenvalue weighted by Gasteiger charge is 2.75.